The van der Waals surface area contributed by atoms with E-state index in [1.807, 2.05) is 24.3 Å². The summed E-state index contributed by atoms with van der Waals surface area (Å²) in [6, 6.07) is 58.5. The molecule has 8 aromatic rings. The van der Waals surface area contributed by atoms with Gasteiger partial charge in [0.05, 0.1) is 33.8 Å². The van der Waals surface area contributed by atoms with Gasteiger partial charge in [0.15, 0.2) is 5.82 Å². The number of fused-ring (bicyclic) bond motifs is 1. The zero-order valence-electron chi connectivity index (χ0n) is 28.5. The molecule has 0 N–H and O–H groups in total. The third-order valence-corrected chi connectivity index (χ3v) is 9.53. The van der Waals surface area contributed by atoms with Crippen LogP contribution in [0.3, 0.4) is 0 Å². The highest BCUT2D eigenvalue weighted by atomic mass is 14.9. The van der Waals surface area contributed by atoms with E-state index < -0.39 is 0 Å². The molecule has 0 aliphatic heterocycles. The van der Waals surface area contributed by atoms with Crippen molar-refractivity contribution in [3.05, 3.63) is 180 Å². The molecule has 0 bridgehead atoms. The van der Waals surface area contributed by atoms with Crippen LogP contribution in [0.2, 0.25) is 0 Å². The summed E-state index contributed by atoms with van der Waals surface area (Å²) in [6.07, 6.45) is 6.48. The highest BCUT2D eigenvalue weighted by Crippen LogP contribution is 2.41. The van der Waals surface area contributed by atoms with Gasteiger partial charge in [-0.15, -0.1) is 0 Å². The molecule has 6 aromatic carbocycles. The van der Waals surface area contributed by atoms with Gasteiger partial charge >= 0.3 is 0 Å². The Hall–Kier alpha value is -6.78. The fourth-order valence-electron chi connectivity index (χ4n) is 7.02. The van der Waals surface area contributed by atoms with Gasteiger partial charge in [-0.1, -0.05) is 176 Å². The van der Waals surface area contributed by atoms with Crippen molar-refractivity contribution < 1.29 is 0 Å². The Morgan fingerprint density at radius 1 is 0.308 bits per heavy atom. The standard InChI is InChI=1S/C48H34N4/c1-5-18-33(19-6-1)43-41-30-15-16-31-42(41)49-48(52-43)38-27-17-26-37(32-38)39-28-13-14-29-40(39)47-46(36-24-11-4-12-25-36)50-44(34-20-7-2-8-21-34)45(51-47)35-22-9-3-10-23-35/h1-14,17-32H,15-16H2. The molecule has 0 amide bonds. The monoisotopic (exact) mass is 666 g/mol. The molecule has 2 aromatic heterocycles. The topological polar surface area (TPSA) is 51.6 Å². The van der Waals surface area contributed by atoms with E-state index in [4.69, 9.17) is 19.9 Å². The van der Waals surface area contributed by atoms with Crippen molar-refractivity contribution in [3.8, 4) is 78.8 Å². The zero-order chi connectivity index (χ0) is 34.7. The Bertz CT molecular complexity index is 2660. The molecule has 246 valence electrons. The molecule has 9 rings (SSSR count). The minimum atomic E-state index is 0.715. The second-order valence-corrected chi connectivity index (χ2v) is 12.9. The van der Waals surface area contributed by atoms with Gasteiger partial charge in [0.1, 0.15) is 0 Å². The first-order valence-electron chi connectivity index (χ1n) is 17.7. The van der Waals surface area contributed by atoms with Crippen LogP contribution >= 0.6 is 0 Å². The van der Waals surface area contributed by atoms with Crippen LogP contribution in [0.4, 0.5) is 0 Å². The van der Waals surface area contributed by atoms with E-state index in [9.17, 15) is 0 Å². The summed E-state index contributed by atoms with van der Waals surface area (Å²) in [7, 11) is 0. The molecular formula is C48H34N4. The van der Waals surface area contributed by atoms with Crippen LogP contribution in [0.15, 0.2) is 170 Å². The Balaban J connectivity index is 1.25. The minimum absolute atomic E-state index is 0.715. The first-order chi connectivity index (χ1) is 25.8. The molecule has 0 saturated heterocycles. The lowest BCUT2D eigenvalue weighted by molar-refractivity contribution is 1.04. The zero-order valence-corrected chi connectivity index (χ0v) is 28.5. The van der Waals surface area contributed by atoms with Gasteiger partial charge in [0, 0.05) is 38.6 Å². The van der Waals surface area contributed by atoms with E-state index in [1.165, 1.54) is 0 Å². The third-order valence-electron chi connectivity index (χ3n) is 9.53. The summed E-state index contributed by atoms with van der Waals surface area (Å²) in [5.74, 6) is 0.715. The van der Waals surface area contributed by atoms with Crippen LogP contribution in [0.1, 0.15) is 12.8 Å². The molecule has 2 heterocycles. The molecule has 4 nitrogen and oxygen atoms in total. The van der Waals surface area contributed by atoms with Crippen LogP contribution < -0.4 is 10.6 Å². The van der Waals surface area contributed by atoms with Crippen LogP contribution in [0.5, 0.6) is 0 Å². The second-order valence-electron chi connectivity index (χ2n) is 12.9. The SMILES string of the molecule is C1=c2nc(-c3cccc(-c4ccccc4-c4nc(-c5ccccc5)c(-c5ccccc5)nc4-c4ccccc4)c3)nc(-c3ccccc3)c2=CCC1. The largest absolute Gasteiger partial charge is 0.243 e. The van der Waals surface area contributed by atoms with Crippen LogP contribution in [-0.2, 0) is 0 Å². The van der Waals surface area contributed by atoms with Crippen molar-refractivity contribution in [2.24, 2.45) is 0 Å². The lowest BCUT2D eigenvalue weighted by Crippen LogP contribution is -2.33. The Kier molecular flexibility index (Phi) is 8.32. The molecule has 0 fully saturated rings. The van der Waals surface area contributed by atoms with Gasteiger partial charge in [0.2, 0.25) is 0 Å². The molecule has 52 heavy (non-hydrogen) atoms. The fraction of sp³-hybridized carbons (Fsp3) is 0.0417. The quantitative estimate of drug-likeness (QED) is 0.170. The average molecular weight is 667 g/mol. The molecule has 0 saturated carbocycles. The molecule has 1 aliphatic rings. The molecule has 0 unspecified atom stereocenters. The summed E-state index contributed by atoms with van der Waals surface area (Å²) >= 11 is 0. The first-order valence-corrected chi connectivity index (χ1v) is 17.7. The Morgan fingerprint density at radius 2 is 0.750 bits per heavy atom. The van der Waals surface area contributed by atoms with E-state index in [2.05, 4.69) is 158 Å². The molecular weight excluding hydrogens is 633 g/mol. The lowest BCUT2D eigenvalue weighted by atomic mass is 9.93. The molecule has 1 aliphatic carbocycles. The average Bonchev–Trinajstić information content (AvgIpc) is 3.24. The van der Waals surface area contributed by atoms with E-state index in [1.54, 1.807) is 0 Å². The predicted octanol–water partition coefficient (Wildman–Crippen LogP) is 10.3. The van der Waals surface area contributed by atoms with Crippen molar-refractivity contribution in [2.45, 2.75) is 12.8 Å². The predicted molar refractivity (Wildman–Crippen MR) is 213 cm³/mol. The summed E-state index contributed by atoms with van der Waals surface area (Å²) in [5.41, 5.74) is 12.5. The number of rotatable bonds is 7. The first kappa shape index (κ1) is 31.2. The summed E-state index contributed by atoms with van der Waals surface area (Å²) in [4.78, 5) is 21.3. The van der Waals surface area contributed by atoms with Crippen molar-refractivity contribution in [1.29, 1.82) is 0 Å². The lowest BCUT2D eigenvalue weighted by Gasteiger charge is -2.18. The van der Waals surface area contributed by atoms with E-state index in [0.29, 0.717) is 5.82 Å². The van der Waals surface area contributed by atoms with Gasteiger partial charge in [-0.2, -0.15) is 0 Å². The van der Waals surface area contributed by atoms with Gasteiger partial charge in [0.25, 0.3) is 0 Å². The maximum Gasteiger partial charge on any atom is 0.160 e. The minimum Gasteiger partial charge on any atom is -0.243 e. The normalized spacial score (nSPS) is 12.0. The number of hydrogen-bond acceptors (Lipinski definition) is 4. The summed E-state index contributed by atoms with van der Waals surface area (Å²) < 4.78 is 0. The summed E-state index contributed by atoms with van der Waals surface area (Å²) in [6.45, 7) is 0. The highest BCUT2D eigenvalue weighted by molar-refractivity contribution is 5.92. The highest BCUT2D eigenvalue weighted by Gasteiger charge is 2.21. The third kappa shape index (κ3) is 6.01. The van der Waals surface area contributed by atoms with E-state index in [0.717, 1.165) is 96.4 Å². The van der Waals surface area contributed by atoms with Crippen LogP contribution in [-0.4, -0.2) is 19.9 Å². The maximum absolute atomic E-state index is 5.53. The molecule has 4 heteroatoms. The maximum atomic E-state index is 5.53. The van der Waals surface area contributed by atoms with Gasteiger partial charge in [-0.05, 0) is 30.0 Å². The number of hydrogen-bond donors (Lipinski definition) is 0. The van der Waals surface area contributed by atoms with Crippen molar-refractivity contribution in [1.82, 2.24) is 19.9 Å². The van der Waals surface area contributed by atoms with Gasteiger partial charge in [-0.25, -0.2) is 19.9 Å². The van der Waals surface area contributed by atoms with Gasteiger partial charge in [-0.3, -0.25) is 0 Å². The number of aromatic nitrogens is 4. The van der Waals surface area contributed by atoms with Crippen molar-refractivity contribution in [2.75, 3.05) is 0 Å². The number of benzene rings is 6. The Morgan fingerprint density at radius 3 is 1.35 bits per heavy atom. The van der Waals surface area contributed by atoms with Crippen LogP contribution in [0.25, 0.3) is 91.0 Å². The smallest absolute Gasteiger partial charge is 0.160 e. The van der Waals surface area contributed by atoms with Crippen LogP contribution in [0, 0.1) is 0 Å². The fourth-order valence-corrected chi connectivity index (χ4v) is 7.02. The Labute approximate surface area is 303 Å². The number of nitrogens with zero attached hydrogens (tertiary/aromatic N) is 4. The van der Waals surface area contributed by atoms with E-state index in [-0.39, 0.29) is 0 Å². The van der Waals surface area contributed by atoms with Crippen molar-refractivity contribution in [3.63, 3.8) is 0 Å². The molecule has 0 spiro atoms. The van der Waals surface area contributed by atoms with Gasteiger partial charge < -0.3 is 0 Å². The van der Waals surface area contributed by atoms with E-state index >= 15 is 0 Å². The molecule has 0 atom stereocenters. The molecule has 0 radical (unpaired) electrons. The second kappa shape index (κ2) is 13.9. The van der Waals surface area contributed by atoms with Crippen molar-refractivity contribution >= 4 is 12.2 Å². The summed E-state index contributed by atoms with van der Waals surface area (Å²) in [5, 5.41) is 2.11.